The number of nitro groups is 1. The van der Waals surface area contributed by atoms with Crippen LogP contribution in [0.3, 0.4) is 0 Å². The molecule has 0 aromatic heterocycles. The van der Waals surface area contributed by atoms with Crippen LogP contribution in [0.5, 0.6) is 0 Å². The van der Waals surface area contributed by atoms with Crippen molar-refractivity contribution in [1.82, 2.24) is 5.32 Å². The van der Waals surface area contributed by atoms with Crippen LogP contribution in [0.4, 0.5) is 10.5 Å². The molecule has 0 radical (unpaired) electrons. The standard InChI is InChI=1S/C17H22N2O7S/c1-17(2,3)26-16(20)18-12-6-4-5-7-13-25-27(23,24)15-10-8-14(9-11-15)19(21)22/h8-11H,4,6,12-13H2,1-3H3,(H,18,20). The van der Waals surface area contributed by atoms with Crippen molar-refractivity contribution in [2.75, 3.05) is 13.2 Å². The fraction of sp³-hybridized carbons (Fsp3) is 0.471. The SMILES string of the molecule is CC(C)(C)OC(=O)NCCCC#CCOS(=O)(=O)c1ccc([N+](=O)[O-])cc1. The van der Waals surface area contributed by atoms with Crippen molar-refractivity contribution in [1.29, 1.82) is 0 Å². The number of alkyl carbamates (subject to hydrolysis) is 1. The molecule has 0 bridgehead atoms. The largest absolute Gasteiger partial charge is 0.444 e. The Bertz CT molecular complexity index is 816. The third kappa shape index (κ3) is 9.03. The summed E-state index contributed by atoms with van der Waals surface area (Å²) in [6.07, 6.45) is 0.505. The van der Waals surface area contributed by atoms with Crippen LogP contribution in [0.2, 0.25) is 0 Å². The molecule has 1 amide bonds. The molecule has 0 atom stereocenters. The van der Waals surface area contributed by atoms with Gasteiger partial charge in [0, 0.05) is 25.1 Å². The number of nitrogens with one attached hydrogen (secondary N) is 1. The Balaban J connectivity index is 2.33. The number of carbonyl (C=O) groups is 1. The third-order valence-corrected chi connectivity index (χ3v) is 4.17. The van der Waals surface area contributed by atoms with Crippen molar-refractivity contribution in [2.45, 2.75) is 44.1 Å². The van der Waals surface area contributed by atoms with Crippen molar-refractivity contribution >= 4 is 21.9 Å². The van der Waals surface area contributed by atoms with Crippen molar-refractivity contribution in [3.8, 4) is 11.8 Å². The number of carbonyl (C=O) groups excluding carboxylic acids is 1. The first kappa shape index (κ1) is 22.4. The minimum atomic E-state index is -4.03. The molecular weight excluding hydrogens is 376 g/mol. The van der Waals surface area contributed by atoms with Gasteiger partial charge in [-0.05, 0) is 39.3 Å². The molecule has 1 rings (SSSR count). The van der Waals surface area contributed by atoms with Crippen molar-refractivity contribution < 1.29 is 27.1 Å². The summed E-state index contributed by atoms with van der Waals surface area (Å²) in [6.45, 7) is 5.35. The van der Waals surface area contributed by atoms with E-state index in [9.17, 15) is 23.3 Å². The van der Waals surface area contributed by atoms with Crippen molar-refractivity contribution in [3.63, 3.8) is 0 Å². The number of amides is 1. The van der Waals surface area contributed by atoms with Gasteiger partial charge in [-0.15, -0.1) is 5.92 Å². The van der Waals surface area contributed by atoms with E-state index < -0.39 is 26.7 Å². The van der Waals surface area contributed by atoms with Gasteiger partial charge in [0.15, 0.2) is 0 Å². The van der Waals surface area contributed by atoms with E-state index in [0.717, 1.165) is 24.3 Å². The smallest absolute Gasteiger partial charge is 0.407 e. The summed E-state index contributed by atoms with van der Waals surface area (Å²) in [4.78, 5) is 21.2. The topological polar surface area (TPSA) is 125 Å². The number of nitro benzene ring substituents is 1. The third-order valence-electron chi connectivity index (χ3n) is 2.89. The number of non-ortho nitro benzene ring substituents is 1. The maximum atomic E-state index is 11.9. The number of benzene rings is 1. The van der Waals surface area contributed by atoms with Crippen LogP contribution in [0.25, 0.3) is 0 Å². The van der Waals surface area contributed by atoms with E-state index in [2.05, 4.69) is 17.2 Å². The molecule has 1 aromatic carbocycles. The second-order valence-electron chi connectivity index (χ2n) is 6.35. The number of hydrogen-bond acceptors (Lipinski definition) is 7. The summed E-state index contributed by atoms with van der Waals surface area (Å²) in [5.41, 5.74) is -0.773. The number of nitrogens with zero attached hydrogens (tertiary/aromatic N) is 1. The van der Waals surface area contributed by atoms with Crippen LogP contribution in [0, 0.1) is 22.0 Å². The molecule has 27 heavy (non-hydrogen) atoms. The summed E-state index contributed by atoms with van der Waals surface area (Å²) in [7, 11) is -4.03. The Hall–Kier alpha value is -2.64. The van der Waals surface area contributed by atoms with Gasteiger partial charge in [0.05, 0.1) is 9.82 Å². The average molecular weight is 398 g/mol. The van der Waals surface area contributed by atoms with Gasteiger partial charge in [-0.2, -0.15) is 8.42 Å². The zero-order chi connectivity index (χ0) is 20.5. The van der Waals surface area contributed by atoms with Gasteiger partial charge in [-0.1, -0.05) is 5.92 Å². The van der Waals surface area contributed by atoms with Gasteiger partial charge >= 0.3 is 6.09 Å². The van der Waals surface area contributed by atoms with Crippen LogP contribution in [0.15, 0.2) is 29.2 Å². The molecule has 0 heterocycles. The maximum absolute atomic E-state index is 11.9. The molecule has 0 aliphatic carbocycles. The van der Waals surface area contributed by atoms with Gasteiger partial charge in [0.25, 0.3) is 15.8 Å². The molecule has 10 heteroatoms. The molecule has 0 saturated carbocycles. The van der Waals surface area contributed by atoms with Gasteiger partial charge in [0.1, 0.15) is 12.2 Å². The average Bonchev–Trinajstić information content (AvgIpc) is 2.55. The van der Waals surface area contributed by atoms with Crippen LogP contribution in [-0.2, 0) is 19.0 Å². The zero-order valence-corrected chi connectivity index (χ0v) is 16.2. The predicted molar refractivity (Wildman–Crippen MR) is 97.5 cm³/mol. The quantitative estimate of drug-likeness (QED) is 0.246. The van der Waals surface area contributed by atoms with E-state index in [1.165, 1.54) is 0 Å². The lowest BCUT2D eigenvalue weighted by Crippen LogP contribution is -2.32. The van der Waals surface area contributed by atoms with Crippen molar-refractivity contribution in [3.05, 3.63) is 34.4 Å². The monoisotopic (exact) mass is 398 g/mol. The number of rotatable bonds is 7. The summed E-state index contributed by atoms with van der Waals surface area (Å²) in [5.74, 6) is 5.30. The van der Waals surface area contributed by atoms with Gasteiger partial charge in [-0.3, -0.25) is 14.3 Å². The Kier molecular flexibility index (Phi) is 8.21. The van der Waals surface area contributed by atoms with Crippen molar-refractivity contribution in [2.24, 2.45) is 0 Å². The highest BCUT2D eigenvalue weighted by Gasteiger charge is 2.16. The lowest BCUT2D eigenvalue weighted by molar-refractivity contribution is -0.384. The molecule has 9 nitrogen and oxygen atoms in total. The normalized spacial score (nSPS) is 11.2. The molecule has 0 fully saturated rings. The second-order valence-corrected chi connectivity index (χ2v) is 7.97. The Morgan fingerprint density at radius 1 is 1.22 bits per heavy atom. The van der Waals surface area contributed by atoms with E-state index in [1.807, 2.05) is 0 Å². The van der Waals surface area contributed by atoms with Gasteiger partial charge in [-0.25, -0.2) is 4.79 Å². The summed E-state index contributed by atoms with van der Waals surface area (Å²) in [6, 6.07) is 4.37. The Morgan fingerprint density at radius 2 is 1.85 bits per heavy atom. The molecule has 0 aliphatic rings. The minimum absolute atomic E-state index is 0.184. The van der Waals surface area contributed by atoms with Crippen LogP contribution < -0.4 is 5.32 Å². The molecule has 0 spiro atoms. The van der Waals surface area contributed by atoms with E-state index in [1.54, 1.807) is 20.8 Å². The first-order chi connectivity index (χ1) is 12.5. The number of unbranched alkanes of at least 4 members (excludes halogenated alkanes) is 1. The van der Waals surface area contributed by atoms with E-state index in [0.29, 0.717) is 19.4 Å². The first-order valence-corrected chi connectivity index (χ1v) is 9.48. The van der Waals surface area contributed by atoms with E-state index >= 15 is 0 Å². The zero-order valence-electron chi connectivity index (χ0n) is 15.4. The molecule has 1 N–H and O–H groups in total. The van der Waals surface area contributed by atoms with Gasteiger partial charge in [0.2, 0.25) is 0 Å². The summed E-state index contributed by atoms with van der Waals surface area (Å²) >= 11 is 0. The summed E-state index contributed by atoms with van der Waals surface area (Å²) < 4.78 is 33.7. The summed E-state index contributed by atoms with van der Waals surface area (Å²) in [5, 5.41) is 13.1. The Labute approximate surface area is 158 Å². The molecule has 1 aromatic rings. The molecule has 0 unspecified atom stereocenters. The van der Waals surface area contributed by atoms with Crippen LogP contribution >= 0.6 is 0 Å². The van der Waals surface area contributed by atoms with Crippen LogP contribution in [0.1, 0.15) is 33.6 Å². The highest BCUT2D eigenvalue weighted by atomic mass is 32.2. The second kappa shape index (κ2) is 9.89. The fourth-order valence-corrected chi connectivity index (χ4v) is 2.55. The Morgan fingerprint density at radius 3 is 2.41 bits per heavy atom. The number of hydrogen-bond donors (Lipinski definition) is 1. The van der Waals surface area contributed by atoms with E-state index in [4.69, 9.17) is 8.92 Å². The first-order valence-electron chi connectivity index (χ1n) is 8.08. The molecule has 0 saturated heterocycles. The lowest BCUT2D eigenvalue weighted by atomic mass is 10.2. The van der Waals surface area contributed by atoms with Crippen LogP contribution in [-0.4, -0.2) is 38.2 Å². The molecule has 0 aliphatic heterocycles. The minimum Gasteiger partial charge on any atom is -0.444 e. The highest BCUT2D eigenvalue weighted by Crippen LogP contribution is 2.17. The number of ether oxygens (including phenoxy) is 1. The predicted octanol–water partition coefficient (Wildman–Crippen LogP) is 2.61. The fourth-order valence-electron chi connectivity index (χ4n) is 1.73. The van der Waals surface area contributed by atoms with E-state index in [-0.39, 0.29) is 17.2 Å². The molecule has 148 valence electrons. The van der Waals surface area contributed by atoms with Gasteiger partial charge < -0.3 is 10.1 Å². The highest BCUT2D eigenvalue weighted by molar-refractivity contribution is 7.86. The molecular formula is C17H22N2O7S. The lowest BCUT2D eigenvalue weighted by Gasteiger charge is -2.19. The maximum Gasteiger partial charge on any atom is 0.407 e.